The maximum Gasteiger partial charge on any atom is 0.460 e. The molecule has 0 aliphatic carbocycles. The van der Waals surface area contributed by atoms with Gasteiger partial charge in [0.1, 0.15) is 0 Å². The van der Waals surface area contributed by atoms with E-state index in [2.05, 4.69) is 19.1 Å². The summed E-state index contributed by atoms with van der Waals surface area (Å²) in [5.74, 6) is -57.6. The molecule has 0 spiro atoms. The SMILES string of the molecule is CCCCCCCC/C=C\CCCCCCCC(=O)Oc1ccc(CCCC(F)(F)C(F)(F)C(F)(F)C(F)(F)C(F)(F)C(F)(F)C(F)(F)C(F)(F)F)cc1OC. The summed E-state index contributed by atoms with van der Waals surface area (Å²) in [6, 6.07) is 3.16. The lowest BCUT2D eigenvalue weighted by molar-refractivity contribution is -0.461. The molecule has 56 heavy (non-hydrogen) atoms. The zero-order valence-electron chi connectivity index (χ0n) is 30.6. The molecule has 1 aromatic carbocycles. The Morgan fingerprint density at radius 1 is 0.554 bits per heavy atom. The number of rotatable bonds is 27. The number of unbranched alkanes of at least 4 members (excludes halogenated alkanes) is 11. The number of ether oxygens (including phenoxy) is 2. The molecule has 0 aliphatic heterocycles. The molecule has 1 aromatic rings. The van der Waals surface area contributed by atoms with E-state index in [1.54, 1.807) is 0 Å². The van der Waals surface area contributed by atoms with Gasteiger partial charge in [0, 0.05) is 12.8 Å². The Hall–Kier alpha value is -2.96. The second kappa shape index (κ2) is 20.6. The van der Waals surface area contributed by atoms with E-state index in [1.807, 2.05) is 0 Å². The van der Waals surface area contributed by atoms with Gasteiger partial charge in [-0.2, -0.15) is 74.6 Å². The molecule has 0 bridgehead atoms. The van der Waals surface area contributed by atoms with Gasteiger partial charge in [-0.25, -0.2) is 0 Å². The van der Waals surface area contributed by atoms with E-state index in [4.69, 9.17) is 9.47 Å². The molecule has 0 saturated carbocycles. The van der Waals surface area contributed by atoms with Crippen molar-refractivity contribution in [2.45, 2.75) is 164 Å². The first-order valence-corrected chi connectivity index (χ1v) is 17.8. The number of allylic oxidation sites excluding steroid dienone is 2. The summed E-state index contributed by atoms with van der Waals surface area (Å²) in [4.78, 5) is 12.3. The number of methoxy groups -OCH3 is 1. The molecule has 0 heterocycles. The molecule has 0 N–H and O–H groups in total. The summed E-state index contributed by atoms with van der Waals surface area (Å²) < 4.78 is 240. The molecule has 0 aliphatic rings. The molecule has 20 heteroatoms. The molecule has 0 fully saturated rings. The van der Waals surface area contributed by atoms with Crippen LogP contribution in [0.2, 0.25) is 0 Å². The minimum atomic E-state index is -8.66. The first-order chi connectivity index (χ1) is 25.6. The third-order valence-electron chi connectivity index (χ3n) is 8.84. The van der Waals surface area contributed by atoms with Crippen molar-refractivity contribution in [1.29, 1.82) is 0 Å². The van der Waals surface area contributed by atoms with Gasteiger partial charge in [-0.05, 0) is 62.6 Å². The second-order valence-electron chi connectivity index (χ2n) is 13.3. The monoisotopic (exact) mass is 848 g/mol. The molecule has 0 saturated heterocycles. The van der Waals surface area contributed by atoms with Crippen LogP contribution < -0.4 is 9.47 Å². The van der Waals surface area contributed by atoms with Crippen LogP contribution in [-0.4, -0.2) is 60.7 Å². The number of alkyl halides is 17. The highest BCUT2D eigenvalue weighted by molar-refractivity contribution is 5.73. The summed E-state index contributed by atoms with van der Waals surface area (Å²) in [6.45, 7) is 2.17. The Kier molecular flexibility index (Phi) is 18.8. The smallest absolute Gasteiger partial charge is 0.460 e. The normalized spacial score (nSPS) is 14.1. The van der Waals surface area contributed by atoms with Gasteiger partial charge in [0.2, 0.25) is 0 Å². The highest BCUT2D eigenvalue weighted by Crippen LogP contribution is 2.64. The van der Waals surface area contributed by atoms with Crippen molar-refractivity contribution in [3.8, 4) is 11.5 Å². The minimum absolute atomic E-state index is 0.00433. The zero-order chi connectivity index (χ0) is 43.3. The first kappa shape index (κ1) is 51.1. The lowest BCUT2D eigenvalue weighted by Crippen LogP contribution is -2.74. The maximum absolute atomic E-state index is 14.3. The Balaban J connectivity index is 2.74. The van der Waals surface area contributed by atoms with Crippen molar-refractivity contribution < 1.29 is 88.9 Å². The molecule has 3 nitrogen and oxygen atoms in total. The van der Waals surface area contributed by atoms with Gasteiger partial charge < -0.3 is 9.47 Å². The summed E-state index contributed by atoms with van der Waals surface area (Å²) in [5.41, 5.74) is -0.101. The van der Waals surface area contributed by atoms with Crippen LogP contribution in [0.3, 0.4) is 0 Å². The van der Waals surface area contributed by atoms with Crippen LogP contribution in [-0.2, 0) is 11.2 Å². The molecule has 0 unspecified atom stereocenters. The van der Waals surface area contributed by atoms with Crippen LogP contribution in [0.5, 0.6) is 11.5 Å². The quantitative estimate of drug-likeness (QED) is 0.0291. The third-order valence-corrected chi connectivity index (χ3v) is 8.84. The Labute approximate surface area is 313 Å². The highest BCUT2D eigenvalue weighted by atomic mass is 19.4. The van der Waals surface area contributed by atoms with Gasteiger partial charge in [-0.15, -0.1) is 0 Å². The topological polar surface area (TPSA) is 35.5 Å². The van der Waals surface area contributed by atoms with Gasteiger partial charge in [0.05, 0.1) is 7.11 Å². The molecular weight excluding hydrogens is 803 g/mol. The number of aryl methyl sites for hydroxylation is 1. The summed E-state index contributed by atoms with van der Waals surface area (Å²) in [5, 5.41) is 0. The van der Waals surface area contributed by atoms with E-state index in [9.17, 15) is 79.4 Å². The van der Waals surface area contributed by atoms with Crippen LogP contribution >= 0.6 is 0 Å². The third kappa shape index (κ3) is 12.0. The lowest BCUT2D eigenvalue weighted by Gasteiger charge is -2.42. The van der Waals surface area contributed by atoms with Crippen molar-refractivity contribution in [3.05, 3.63) is 35.9 Å². The van der Waals surface area contributed by atoms with Crippen molar-refractivity contribution >= 4 is 5.97 Å². The molecule has 326 valence electrons. The Morgan fingerprint density at radius 2 is 1.00 bits per heavy atom. The van der Waals surface area contributed by atoms with Gasteiger partial charge in [-0.3, -0.25) is 4.79 Å². The summed E-state index contributed by atoms with van der Waals surface area (Å²) in [7, 11) is 1.07. The van der Waals surface area contributed by atoms with Crippen LogP contribution in [0.15, 0.2) is 30.4 Å². The highest BCUT2D eigenvalue weighted by Gasteiger charge is 2.95. The van der Waals surface area contributed by atoms with Crippen molar-refractivity contribution in [1.82, 2.24) is 0 Å². The molecule has 0 aromatic heterocycles. The van der Waals surface area contributed by atoms with Crippen molar-refractivity contribution in [2.75, 3.05) is 7.11 Å². The van der Waals surface area contributed by atoms with Gasteiger partial charge >= 0.3 is 53.6 Å². The van der Waals surface area contributed by atoms with Crippen molar-refractivity contribution in [2.24, 2.45) is 0 Å². The van der Waals surface area contributed by atoms with E-state index < -0.39 is 72.9 Å². The fourth-order valence-electron chi connectivity index (χ4n) is 5.33. The maximum atomic E-state index is 14.3. The molecule has 1 rings (SSSR count). The molecule has 0 amide bonds. The predicted molar refractivity (Wildman–Crippen MR) is 172 cm³/mol. The number of carbonyl (C=O) groups excluding carboxylic acids is 1. The van der Waals surface area contributed by atoms with Crippen LogP contribution in [0.25, 0.3) is 0 Å². The molecule has 0 atom stereocenters. The van der Waals surface area contributed by atoms with Crippen LogP contribution in [0.1, 0.15) is 115 Å². The lowest BCUT2D eigenvalue weighted by atomic mass is 9.87. The Bertz CT molecular complexity index is 1370. The second-order valence-corrected chi connectivity index (χ2v) is 13.3. The number of carbonyl (C=O) groups is 1. The van der Waals surface area contributed by atoms with E-state index in [1.165, 1.54) is 38.5 Å². The summed E-state index contributed by atoms with van der Waals surface area (Å²) in [6.07, 6.45) is 5.31. The fourth-order valence-corrected chi connectivity index (χ4v) is 5.33. The number of hydrogen-bond donors (Lipinski definition) is 0. The van der Waals surface area contributed by atoms with Crippen molar-refractivity contribution in [3.63, 3.8) is 0 Å². The number of esters is 1. The molecular formula is C36H45F17O3. The van der Waals surface area contributed by atoms with E-state index in [0.29, 0.717) is 6.42 Å². The fraction of sp³-hybridized carbons (Fsp3) is 0.750. The Morgan fingerprint density at radius 3 is 1.48 bits per heavy atom. The van der Waals surface area contributed by atoms with E-state index in [-0.39, 0.29) is 23.5 Å². The predicted octanol–water partition coefficient (Wildman–Crippen LogP) is 14.0. The van der Waals surface area contributed by atoms with Gasteiger partial charge in [-0.1, -0.05) is 76.5 Å². The number of hydrogen-bond acceptors (Lipinski definition) is 3. The zero-order valence-corrected chi connectivity index (χ0v) is 30.6. The van der Waals surface area contributed by atoms with E-state index in [0.717, 1.165) is 63.8 Å². The van der Waals surface area contributed by atoms with Crippen LogP contribution in [0.4, 0.5) is 74.6 Å². The average molecular weight is 849 g/mol. The minimum Gasteiger partial charge on any atom is -0.493 e. The molecule has 0 radical (unpaired) electrons. The number of benzene rings is 1. The first-order valence-electron chi connectivity index (χ1n) is 17.8. The average Bonchev–Trinajstić information content (AvgIpc) is 3.09. The van der Waals surface area contributed by atoms with Crippen LogP contribution in [0, 0.1) is 0 Å². The van der Waals surface area contributed by atoms with Gasteiger partial charge in [0.15, 0.2) is 11.5 Å². The number of halogens is 17. The van der Waals surface area contributed by atoms with E-state index >= 15 is 0 Å². The largest absolute Gasteiger partial charge is 0.493 e. The summed E-state index contributed by atoms with van der Waals surface area (Å²) >= 11 is 0. The standard InChI is InChI=1S/C36H45F17O3/c1-3-4-5-6-7-8-9-10-11-12-13-14-15-16-17-20-28(54)56-26-22-21-25(24-27(26)55-2)19-18-23-29(37,38)30(39,40)31(41,42)32(43,44)33(45,46)34(47,48)35(49,50)36(51,52)53/h10-11,21-22,24H,3-9,12-20,23H2,1-2H3/b11-10-. The van der Waals surface area contributed by atoms with Gasteiger partial charge in [0.25, 0.3) is 0 Å².